The quantitative estimate of drug-likeness (QED) is 0.603. The van der Waals surface area contributed by atoms with Gasteiger partial charge >= 0.3 is 0 Å². The average molecular weight is 162 g/mol. The van der Waals surface area contributed by atoms with Gasteiger partial charge in [-0.15, -0.1) is 0 Å². The molecule has 0 spiro atoms. The highest BCUT2D eigenvalue weighted by Gasteiger charge is 2.06. The Kier molecular flexibility index (Phi) is 1.33. The lowest BCUT2D eigenvalue weighted by Crippen LogP contribution is -1.88. The van der Waals surface area contributed by atoms with Crippen LogP contribution in [0.3, 0.4) is 0 Å². The lowest BCUT2D eigenvalue weighted by Gasteiger charge is -1.97. The number of oxazole rings is 1. The van der Waals surface area contributed by atoms with Gasteiger partial charge in [-0.2, -0.15) is 0 Å². The number of benzene rings is 1. The first-order valence-electron chi connectivity index (χ1n) is 3.80. The van der Waals surface area contributed by atoms with Gasteiger partial charge < -0.3 is 10.2 Å². The van der Waals surface area contributed by atoms with Crippen molar-refractivity contribution >= 4 is 16.8 Å². The number of nitrogens with two attached hydrogens (primary N) is 1. The summed E-state index contributed by atoms with van der Waals surface area (Å²) in [6.45, 7) is 3.76. The number of aromatic nitrogens is 1. The molecule has 1 aromatic heterocycles. The Hall–Kier alpha value is -1.51. The molecule has 0 unspecified atom stereocenters. The van der Waals surface area contributed by atoms with Crippen LogP contribution in [0.2, 0.25) is 0 Å². The monoisotopic (exact) mass is 162 g/mol. The summed E-state index contributed by atoms with van der Waals surface area (Å²) < 4.78 is 5.39. The number of nitrogens with zero attached hydrogens (tertiary/aromatic N) is 1. The fourth-order valence-electron chi connectivity index (χ4n) is 1.25. The number of hydrogen-bond donors (Lipinski definition) is 1. The Labute approximate surface area is 70.2 Å². The minimum absolute atomic E-state index is 0.679. The molecule has 2 aromatic rings. The molecule has 0 radical (unpaired) electrons. The van der Waals surface area contributed by atoms with Gasteiger partial charge in [-0.3, -0.25) is 0 Å². The smallest absolute Gasteiger partial charge is 0.192 e. The summed E-state index contributed by atoms with van der Waals surface area (Å²) in [5.41, 5.74) is 9.09. The molecule has 0 saturated carbocycles. The number of fused-ring (bicyclic) bond motifs is 1. The number of anilines is 1. The zero-order chi connectivity index (χ0) is 8.72. The fraction of sp³-hybridized carbons (Fsp3) is 0.222. The standard InChI is InChI=1S/C9H10N2O/c1-5-7(10)3-4-8-9(5)12-6(2)11-8/h3-4H,10H2,1-2H3. The Bertz CT molecular complexity index is 431. The van der Waals surface area contributed by atoms with Gasteiger partial charge in [0, 0.05) is 18.2 Å². The Morgan fingerprint density at radius 1 is 1.33 bits per heavy atom. The summed E-state index contributed by atoms with van der Waals surface area (Å²) in [5, 5.41) is 0. The maximum atomic E-state index is 5.71. The van der Waals surface area contributed by atoms with Crippen molar-refractivity contribution in [1.82, 2.24) is 4.98 Å². The number of hydrogen-bond acceptors (Lipinski definition) is 3. The van der Waals surface area contributed by atoms with Gasteiger partial charge in [0.15, 0.2) is 11.5 Å². The van der Waals surface area contributed by atoms with Gasteiger partial charge in [0.05, 0.1) is 0 Å². The first kappa shape index (κ1) is 7.16. The predicted octanol–water partition coefficient (Wildman–Crippen LogP) is 2.03. The van der Waals surface area contributed by atoms with E-state index in [1.54, 1.807) is 0 Å². The van der Waals surface area contributed by atoms with Gasteiger partial charge in [-0.05, 0) is 19.1 Å². The summed E-state index contributed by atoms with van der Waals surface area (Å²) in [4.78, 5) is 4.19. The molecular weight excluding hydrogens is 152 g/mol. The molecule has 12 heavy (non-hydrogen) atoms. The molecule has 1 aromatic carbocycles. The molecule has 1 heterocycles. The van der Waals surface area contributed by atoms with E-state index in [0.29, 0.717) is 5.89 Å². The molecular formula is C9H10N2O. The molecule has 3 nitrogen and oxygen atoms in total. The van der Waals surface area contributed by atoms with Gasteiger partial charge in [0.25, 0.3) is 0 Å². The third-order valence-electron chi connectivity index (χ3n) is 1.95. The second-order valence-corrected chi connectivity index (χ2v) is 2.86. The molecule has 0 aliphatic rings. The zero-order valence-electron chi connectivity index (χ0n) is 7.09. The van der Waals surface area contributed by atoms with E-state index in [4.69, 9.17) is 10.2 Å². The third-order valence-corrected chi connectivity index (χ3v) is 1.95. The predicted molar refractivity (Wildman–Crippen MR) is 47.9 cm³/mol. The van der Waals surface area contributed by atoms with Crippen LogP contribution in [0, 0.1) is 13.8 Å². The minimum Gasteiger partial charge on any atom is -0.441 e. The average Bonchev–Trinajstić information content (AvgIpc) is 2.39. The molecule has 0 bridgehead atoms. The summed E-state index contributed by atoms with van der Waals surface area (Å²) >= 11 is 0. The van der Waals surface area contributed by atoms with Crippen LogP contribution in [-0.2, 0) is 0 Å². The van der Waals surface area contributed by atoms with Gasteiger partial charge in [0.1, 0.15) is 5.52 Å². The molecule has 2 rings (SSSR count). The number of aryl methyl sites for hydroxylation is 2. The van der Waals surface area contributed by atoms with Crippen molar-refractivity contribution in [3.05, 3.63) is 23.6 Å². The van der Waals surface area contributed by atoms with Crippen LogP contribution in [0.15, 0.2) is 16.5 Å². The van der Waals surface area contributed by atoms with Crippen molar-refractivity contribution in [1.29, 1.82) is 0 Å². The SMILES string of the molecule is Cc1nc2ccc(N)c(C)c2o1. The topological polar surface area (TPSA) is 52.0 Å². The van der Waals surface area contributed by atoms with E-state index in [9.17, 15) is 0 Å². The molecule has 0 atom stereocenters. The molecule has 0 aliphatic carbocycles. The fourth-order valence-corrected chi connectivity index (χ4v) is 1.25. The van der Waals surface area contributed by atoms with Crippen LogP contribution >= 0.6 is 0 Å². The first-order valence-corrected chi connectivity index (χ1v) is 3.80. The van der Waals surface area contributed by atoms with E-state index in [-0.39, 0.29) is 0 Å². The third kappa shape index (κ3) is 0.863. The van der Waals surface area contributed by atoms with Gasteiger partial charge in [-0.25, -0.2) is 4.98 Å². The summed E-state index contributed by atoms with van der Waals surface area (Å²) in [5.74, 6) is 0.679. The van der Waals surface area contributed by atoms with Crippen molar-refractivity contribution in [2.24, 2.45) is 0 Å². The van der Waals surface area contributed by atoms with Crippen molar-refractivity contribution in [2.45, 2.75) is 13.8 Å². The largest absolute Gasteiger partial charge is 0.441 e. The maximum Gasteiger partial charge on any atom is 0.192 e. The summed E-state index contributed by atoms with van der Waals surface area (Å²) in [6, 6.07) is 3.72. The molecule has 0 amide bonds. The van der Waals surface area contributed by atoms with Crippen LogP contribution in [0.5, 0.6) is 0 Å². The van der Waals surface area contributed by atoms with E-state index >= 15 is 0 Å². The van der Waals surface area contributed by atoms with E-state index < -0.39 is 0 Å². The summed E-state index contributed by atoms with van der Waals surface area (Å²) in [6.07, 6.45) is 0. The minimum atomic E-state index is 0.679. The van der Waals surface area contributed by atoms with E-state index in [1.807, 2.05) is 26.0 Å². The zero-order valence-corrected chi connectivity index (χ0v) is 7.09. The molecule has 0 saturated heterocycles. The van der Waals surface area contributed by atoms with Crippen LogP contribution in [0.25, 0.3) is 11.1 Å². The van der Waals surface area contributed by atoms with Crippen LogP contribution in [0.4, 0.5) is 5.69 Å². The van der Waals surface area contributed by atoms with E-state index in [1.165, 1.54) is 0 Å². The lowest BCUT2D eigenvalue weighted by atomic mass is 10.2. The van der Waals surface area contributed by atoms with E-state index in [0.717, 1.165) is 22.4 Å². The second kappa shape index (κ2) is 2.24. The van der Waals surface area contributed by atoms with Crippen molar-refractivity contribution in [2.75, 3.05) is 5.73 Å². The van der Waals surface area contributed by atoms with Crippen LogP contribution in [-0.4, -0.2) is 4.98 Å². The second-order valence-electron chi connectivity index (χ2n) is 2.86. The van der Waals surface area contributed by atoms with Gasteiger partial charge in [-0.1, -0.05) is 0 Å². The Morgan fingerprint density at radius 2 is 2.08 bits per heavy atom. The normalized spacial score (nSPS) is 10.8. The molecule has 0 fully saturated rings. The Balaban J connectivity index is 2.89. The highest BCUT2D eigenvalue weighted by molar-refractivity contribution is 5.81. The van der Waals surface area contributed by atoms with Crippen LogP contribution < -0.4 is 5.73 Å². The molecule has 0 aliphatic heterocycles. The number of nitrogen functional groups attached to an aromatic ring is 1. The van der Waals surface area contributed by atoms with E-state index in [2.05, 4.69) is 4.98 Å². The molecule has 3 heteroatoms. The Morgan fingerprint density at radius 3 is 2.83 bits per heavy atom. The van der Waals surface area contributed by atoms with Crippen molar-refractivity contribution in [3.8, 4) is 0 Å². The highest BCUT2D eigenvalue weighted by Crippen LogP contribution is 2.23. The van der Waals surface area contributed by atoms with Crippen molar-refractivity contribution in [3.63, 3.8) is 0 Å². The molecule has 2 N–H and O–H groups in total. The lowest BCUT2D eigenvalue weighted by molar-refractivity contribution is 0.559. The van der Waals surface area contributed by atoms with Gasteiger partial charge in [0.2, 0.25) is 0 Å². The molecule has 62 valence electrons. The first-order chi connectivity index (χ1) is 5.68. The van der Waals surface area contributed by atoms with Crippen LogP contribution in [0.1, 0.15) is 11.5 Å². The number of rotatable bonds is 0. The highest BCUT2D eigenvalue weighted by atomic mass is 16.3. The van der Waals surface area contributed by atoms with Crippen molar-refractivity contribution < 1.29 is 4.42 Å². The maximum absolute atomic E-state index is 5.71. The summed E-state index contributed by atoms with van der Waals surface area (Å²) in [7, 11) is 0.